The van der Waals surface area contributed by atoms with Gasteiger partial charge < -0.3 is 20.1 Å². The number of rotatable bonds is 6. The maximum atomic E-state index is 12.9. The number of nitrogens with one attached hydrogen (secondary N) is 2. The molecule has 2 N–H and O–H groups in total. The molecule has 1 aromatic heterocycles. The van der Waals surface area contributed by atoms with Gasteiger partial charge in [-0.3, -0.25) is 14.4 Å². The molecule has 1 saturated heterocycles. The molecule has 1 aliphatic rings. The number of aromatic nitrogens is 1. The van der Waals surface area contributed by atoms with E-state index in [1.807, 2.05) is 41.2 Å². The van der Waals surface area contributed by atoms with E-state index in [1.54, 1.807) is 36.4 Å². The fourth-order valence-electron chi connectivity index (χ4n) is 3.75. The molecule has 0 saturated carbocycles. The van der Waals surface area contributed by atoms with Crippen LogP contribution >= 0.6 is 11.6 Å². The Kier molecular flexibility index (Phi) is 6.56. The summed E-state index contributed by atoms with van der Waals surface area (Å²) in [6, 6.07) is 17.8. The largest absolute Gasteiger partial charge is 0.353 e. The Morgan fingerprint density at radius 1 is 1.06 bits per heavy atom. The maximum Gasteiger partial charge on any atom is 0.254 e. The minimum atomic E-state index is -0.234. The van der Waals surface area contributed by atoms with Gasteiger partial charge in [0.05, 0.1) is 19.0 Å². The van der Waals surface area contributed by atoms with Gasteiger partial charge in [0.2, 0.25) is 11.8 Å². The molecule has 2 aromatic carbocycles. The highest BCUT2D eigenvalue weighted by atomic mass is 35.5. The summed E-state index contributed by atoms with van der Waals surface area (Å²) in [6.07, 6.45) is 4.04. The molecule has 8 heteroatoms. The number of nitrogens with zero attached hydrogens (tertiary/aromatic N) is 2. The van der Waals surface area contributed by atoms with E-state index in [2.05, 4.69) is 10.6 Å². The molecular formula is C24H23ClN4O3. The fourth-order valence-corrected chi connectivity index (χ4v) is 3.87. The molecule has 7 nitrogen and oxygen atoms in total. The van der Waals surface area contributed by atoms with E-state index in [1.165, 1.54) is 4.90 Å². The van der Waals surface area contributed by atoms with E-state index in [4.69, 9.17) is 11.6 Å². The van der Waals surface area contributed by atoms with E-state index in [0.29, 0.717) is 29.4 Å². The first-order chi connectivity index (χ1) is 15.5. The number of carbonyl (C=O) groups excluding carboxylic acids is 3. The molecule has 3 aromatic rings. The highest BCUT2D eigenvalue weighted by molar-refractivity contribution is 6.30. The number of piperazine rings is 1. The zero-order chi connectivity index (χ0) is 22.5. The second-order valence-electron chi connectivity index (χ2n) is 7.61. The number of benzene rings is 2. The summed E-state index contributed by atoms with van der Waals surface area (Å²) in [7, 11) is 0. The molecule has 32 heavy (non-hydrogen) atoms. The average molecular weight is 451 g/mol. The minimum Gasteiger partial charge on any atom is -0.353 e. The van der Waals surface area contributed by atoms with Crippen molar-refractivity contribution in [2.45, 2.75) is 12.5 Å². The number of carbonyl (C=O) groups is 3. The predicted molar refractivity (Wildman–Crippen MR) is 123 cm³/mol. The van der Waals surface area contributed by atoms with Crippen molar-refractivity contribution >= 4 is 35.0 Å². The van der Waals surface area contributed by atoms with Gasteiger partial charge in [-0.15, -0.1) is 0 Å². The van der Waals surface area contributed by atoms with Crippen molar-refractivity contribution in [1.29, 1.82) is 0 Å². The third-order valence-electron chi connectivity index (χ3n) is 5.34. The molecule has 0 spiro atoms. The Labute approximate surface area is 191 Å². The molecule has 164 valence electrons. The average Bonchev–Trinajstić information content (AvgIpc) is 3.32. The quantitative estimate of drug-likeness (QED) is 0.604. The van der Waals surface area contributed by atoms with E-state index in [-0.39, 0.29) is 36.7 Å². The van der Waals surface area contributed by atoms with Crippen molar-refractivity contribution in [2.24, 2.45) is 0 Å². The van der Waals surface area contributed by atoms with Gasteiger partial charge >= 0.3 is 0 Å². The first kappa shape index (κ1) is 21.6. The van der Waals surface area contributed by atoms with E-state index in [0.717, 1.165) is 5.56 Å². The Hall–Kier alpha value is -3.58. The van der Waals surface area contributed by atoms with Crippen LogP contribution in [0.5, 0.6) is 0 Å². The molecule has 1 atom stereocenters. The van der Waals surface area contributed by atoms with Crippen molar-refractivity contribution < 1.29 is 14.4 Å². The van der Waals surface area contributed by atoms with Crippen LogP contribution in [0.1, 0.15) is 28.4 Å². The van der Waals surface area contributed by atoms with Gasteiger partial charge in [-0.05, 0) is 48.0 Å². The maximum absolute atomic E-state index is 12.9. The molecule has 0 bridgehead atoms. The highest BCUT2D eigenvalue weighted by Crippen LogP contribution is 2.25. The van der Waals surface area contributed by atoms with E-state index in [9.17, 15) is 14.4 Å². The van der Waals surface area contributed by atoms with Crippen LogP contribution in [-0.2, 0) is 9.59 Å². The van der Waals surface area contributed by atoms with Crippen LogP contribution in [0.25, 0.3) is 0 Å². The third-order valence-corrected chi connectivity index (χ3v) is 5.59. The summed E-state index contributed by atoms with van der Waals surface area (Å²) in [6.45, 7) is 0.933. The van der Waals surface area contributed by atoms with Gasteiger partial charge in [-0.1, -0.05) is 29.8 Å². The molecular weight excluding hydrogens is 428 g/mol. The highest BCUT2D eigenvalue weighted by Gasteiger charge is 2.23. The van der Waals surface area contributed by atoms with Crippen molar-refractivity contribution in [3.05, 3.63) is 89.2 Å². The van der Waals surface area contributed by atoms with Gasteiger partial charge in [0.15, 0.2) is 0 Å². The van der Waals surface area contributed by atoms with Crippen LogP contribution in [0.15, 0.2) is 73.1 Å². The predicted octanol–water partition coefficient (Wildman–Crippen LogP) is 3.33. The Bertz CT molecular complexity index is 1110. The number of hydrogen-bond acceptors (Lipinski definition) is 3. The van der Waals surface area contributed by atoms with Crippen LogP contribution in [0.2, 0.25) is 5.02 Å². The number of halogens is 1. The topological polar surface area (TPSA) is 83.4 Å². The molecule has 0 aliphatic carbocycles. The number of amides is 3. The van der Waals surface area contributed by atoms with Crippen molar-refractivity contribution in [3.63, 3.8) is 0 Å². The second-order valence-corrected chi connectivity index (χ2v) is 8.04. The van der Waals surface area contributed by atoms with Gasteiger partial charge in [0, 0.05) is 41.8 Å². The summed E-state index contributed by atoms with van der Waals surface area (Å²) < 4.78 is 1.98. The summed E-state index contributed by atoms with van der Waals surface area (Å²) in [5.74, 6) is -0.588. The molecule has 1 fully saturated rings. The SMILES string of the molecule is O=C1CN(C(=O)c2cccc(NC(=O)C[C@@H](c3ccc(Cl)cc3)n3cccc3)c2)CCN1. The normalized spacial score (nSPS) is 14.5. The molecule has 4 rings (SSSR count). The molecule has 2 heterocycles. The Morgan fingerprint density at radius 3 is 2.53 bits per heavy atom. The fraction of sp³-hybridized carbons (Fsp3) is 0.208. The second kappa shape index (κ2) is 9.70. The van der Waals surface area contributed by atoms with Crippen LogP contribution in [-0.4, -0.2) is 46.8 Å². The summed E-state index contributed by atoms with van der Waals surface area (Å²) in [5.41, 5.74) is 1.93. The lowest BCUT2D eigenvalue weighted by Gasteiger charge is -2.26. The Balaban J connectivity index is 1.47. The van der Waals surface area contributed by atoms with Gasteiger partial charge in [0.25, 0.3) is 5.91 Å². The summed E-state index contributed by atoms with van der Waals surface area (Å²) in [5, 5.41) is 6.23. The van der Waals surface area contributed by atoms with Crippen molar-refractivity contribution in [1.82, 2.24) is 14.8 Å². The van der Waals surface area contributed by atoms with E-state index >= 15 is 0 Å². The third kappa shape index (κ3) is 5.18. The van der Waals surface area contributed by atoms with Crippen molar-refractivity contribution in [2.75, 3.05) is 25.0 Å². The first-order valence-electron chi connectivity index (χ1n) is 10.3. The van der Waals surface area contributed by atoms with Gasteiger partial charge in [-0.25, -0.2) is 0 Å². The molecule has 0 radical (unpaired) electrons. The van der Waals surface area contributed by atoms with Gasteiger partial charge in [-0.2, -0.15) is 0 Å². The zero-order valence-electron chi connectivity index (χ0n) is 17.3. The standard InChI is InChI=1S/C24H23ClN4O3/c25-19-8-6-17(7-9-19)21(28-11-1-2-12-28)15-22(30)27-20-5-3-4-18(14-20)24(32)29-13-10-26-23(31)16-29/h1-9,11-12,14,21H,10,13,15-16H2,(H,26,31)(H,27,30)/t21-/m0/s1. The van der Waals surface area contributed by atoms with Crippen LogP contribution < -0.4 is 10.6 Å². The zero-order valence-corrected chi connectivity index (χ0v) is 18.1. The van der Waals surface area contributed by atoms with Gasteiger partial charge in [0.1, 0.15) is 0 Å². The monoisotopic (exact) mass is 450 g/mol. The molecule has 1 aliphatic heterocycles. The van der Waals surface area contributed by atoms with Crippen LogP contribution in [0.4, 0.5) is 5.69 Å². The lowest BCUT2D eigenvalue weighted by molar-refractivity contribution is -0.123. The number of anilines is 1. The smallest absolute Gasteiger partial charge is 0.254 e. The van der Waals surface area contributed by atoms with Crippen LogP contribution in [0, 0.1) is 0 Å². The molecule has 3 amide bonds. The van der Waals surface area contributed by atoms with E-state index < -0.39 is 0 Å². The lowest BCUT2D eigenvalue weighted by atomic mass is 10.0. The lowest BCUT2D eigenvalue weighted by Crippen LogP contribution is -2.49. The van der Waals surface area contributed by atoms with Crippen LogP contribution in [0.3, 0.4) is 0 Å². The first-order valence-corrected chi connectivity index (χ1v) is 10.7. The Morgan fingerprint density at radius 2 is 1.81 bits per heavy atom. The number of hydrogen-bond donors (Lipinski definition) is 2. The minimum absolute atomic E-state index is 0.0368. The molecule has 0 unspecified atom stereocenters. The summed E-state index contributed by atoms with van der Waals surface area (Å²) >= 11 is 6.02. The summed E-state index contributed by atoms with van der Waals surface area (Å²) in [4.78, 5) is 38.7. The van der Waals surface area contributed by atoms with Crippen molar-refractivity contribution in [3.8, 4) is 0 Å².